The van der Waals surface area contributed by atoms with Gasteiger partial charge in [-0.25, -0.2) is 0 Å². The highest BCUT2D eigenvalue weighted by atomic mass is 32.2. The Balaban J connectivity index is 1.99. The molecule has 0 aromatic carbocycles. The Morgan fingerprint density at radius 3 is 2.88 bits per heavy atom. The van der Waals surface area contributed by atoms with Gasteiger partial charge in [-0.15, -0.1) is 0 Å². The molecule has 1 aromatic heterocycles. The van der Waals surface area contributed by atoms with Gasteiger partial charge in [-0.1, -0.05) is 0 Å². The first-order valence-electron chi connectivity index (χ1n) is 5.45. The van der Waals surface area contributed by atoms with E-state index in [0.29, 0.717) is 0 Å². The van der Waals surface area contributed by atoms with E-state index in [4.69, 9.17) is 0 Å². The first kappa shape index (κ1) is 10.6. The molecule has 1 amide bonds. The fourth-order valence-electron chi connectivity index (χ4n) is 2.43. The molecule has 2 aliphatic rings. The molecule has 1 N–H and O–H groups in total. The molecule has 1 fully saturated rings. The van der Waals surface area contributed by atoms with Gasteiger partial charge < -0.3 is 4.90 Å². The predicted octanol–water partition coefficient (Wildman–Crippen LogP) is 2.06. The van der Waals surface area contributed by atoms with Gasteiger partial charge in [0.25, 0.3) is 5.91 Å². The van der Waals surface area contributed by atoms with E-state index in [1.165, 1.54) is 5.56 Å². The Kier molecular flexibility index (Phi) is 2.49. The molecule has 2 aliphatic heterocycles. The molecule has 1 spiro atoms. The van der Waals surface area contributed by atoms with E-state index in [9.17, 15) is 4.79 Å². The lowest BCUT2D eigenvalue weighted by Gasteiger charge is -2.42. The minimum absolute atomic E-state index is 0.0748. The predicted molar refractivity (Wildman–Crippen MR) is 67.8 cm³/mol. The molecule has 0 saturated carbocycles. The van der Waals surface area contributed by atoms with Crippen molar-refractivity contribution in [2.45, 2.75) is 17.6 Å². The number of piperidine rings is 1. The second kappa shape index (κ2) is 3.75. The Morgan fingerprint density at radius 1 is 1.38 bits per heavy atom. The van der Waals surface area contributed by atoms with E-state index in [0.717, 1.165) is 31.5 Å². The van der Waals surface area contributed by atoms with Crippen molar-refractivity contribution in [2.75, 3.05) is 20.1 Å². The molecule has 86 valence electrons. The van der Waals surface area contributed by atoms with Crippen LogP contribution in [0, 0.1) is 0 Å². The summed E-state index contributed by atoms with van der Waals surface area (Å²) in [6.45, 7) is 2.22. The van der Waals surface area contributed by atoms with E-state index in [-0.39, 0.29) is 10.7 Å². The van der Waals surface area contributed by atoms with Crippen LogP contribution in [0.25, 0.3) is 0 Å². The average molecular weight is 254 g/mol. The van der Waals surface area contributed by atoms with Crippen molar-refractivity contribution < 1.29 is 4.79 Å². The fraction of sp³-hybridized carbons (Fsp3) is 0.545. The van der Waals surface area contributed by atoms with Crippen LogP contribution >= 0.6 is 23.3 Å². The maximum Gasteiger partial charge on any atom is 0.262 e. The molecule has 0 bridgehead atoms. The van der Waals surface area contributed by atoms with Crippen LogP contribution in [0.3, 0.4) is 0 Å². The van der Waals surface area contributed by atoms with Gasteiger partial charge in [-0.2, -0.15) is 11.3 Å². The highest BCUT2D eigenvalue weighted by Crippen LogP contribution is 2.48. The summed E-state index contributed by atoms with van der Waals surface area (Å²) in [5.74, 6) is 0.0748. The largest absolute Gasteiger partial charge is 0.306 e. The van der Waals surface area contributed by atoms with Crippen molar-refractivity contribution in [3.05, 3.63) is 21.9 Å². The van der Waals surface area contributed by atoms with E-state index in [1.807, 2.05) is 5.38 Å². The molecule has 3 rings (SSSR count). The van der Waals surface area contributed by atoms with Crippen LogP contribution in [0.2, 0.25) is 0 Å². The molecule has 1 aromatic rings. The number of hydrogen-bond donors (Lipinski definition) is 1. The summed E-state index contributed by atoms with van der Waals surface area (Å²) in [5, 5.41) is 4.14. The summed E-state index contributed by atoms with van der Waals surface area (Å²) in [6, 6.07) is 0. The lowest BCUT2D eigenvalue weighted by molar-refractivity contribution is 0.0976. The minimum atomic E-state index is 0.0748. The van der Waals surface area contributed by atoms with Gasteiger partial charge in [0.15, 0.2) is 0 Å². The summed E-state index contributed by atoms with van der Waals surface area (Å²) in [4.78, 5) is 14.1. The van der Waals surface area contributed by atoms with Crippen LogP contribution < -0.4 is 4.72 Å². The van der Waals surface area contributed by atoms with Gasteiger partial charge in [-0.3, -0.25) is 9.52 Å². The number of carbonyl (C=O) groups excluding carboxylic acids is 1. The zero-order valence-corrected chi connectivity index (χ0v) is 10.8. The monoisotopic (exact) mass is 254 g/mol. The van der Waals surface area contributed by atoms with Gasteiger partial charge in [0, 0.05) is 5.38 Å². The summed E-state index contributed by atoms with van der Waals surface area (Å²) < 4.78 is 3.10. The third-order valence-corrected chi connectivity index (χ3v) is 5.58. The lowest BCUT2D eigenvalue weighted by Crippen LogP contribution is -2.44. The van der Waals surface area contributed by atoms with Gasteiger partial charge >= 0.3 is 0 Å². The quantitative estimate of drug-likeness (QED) is 0.719. The highest BCUT2D eigenvalue weighted by molar-refractivity contribution is 7.99. The third-order valence-electron chi connectivity index (χ3n) is 3.53. The third kappa shape index (κ3) is 1.49. The molecular weight excluding hydrogens is 240 g/mol. The van der Waals surface area contributed by atoms with Crippen LogP contribution in [0.1, 0.15) is 28.8 Å². The number of rotatable bonds is 0. The Labute approximate surface area is 103 Å². The highest BCUT2D eigenvalue weighted by Gasteiger charge is 2.42. The Bertz CT molecular complexity index is 421. The molecule has 0 atom stereocenters. The molecule has 0 aliphatic carbocycles. The van der Waals surface area contributed by atoms with Crippen LogP contribution in [-0.4, -0.2) is 30.9 Å². The van der Waals surface area contributed by atoms with Crippen molar-refractivity contribution >= 4 is 29.2 Å². The summed E-state index contributed by atoms with van der Waals surface area (Å²) >= 11 is 3.26. The van der Waals surface area contributed by atoms with E-state index >= 15 is 0 Å². The number of amides is 1. The first-order valence-corrected chi connectivity index (χ1v) is 7.21. The van der Waals surface area contributed by atoms with Crippen molar-refractivity contribution in [2.24, 2.45) is 0 Å². The smallest absolute Gasteiger partial charge is 0.262 e. The first-order chi connectivity index (χ1) is 7.71. The van der Waals surface area contributed by atoms with Crippen molar-refractivity contribution in [1.82, 2.24) is 9.62 Å². The van der Waals surface area contributed by atoms with Gasteiger partial charge in [0.1, 0.15) is 0 Å². The average Bonchev–Trinajstić information content (AvgIpc) is 2.78. The van der Waals surface area contributed by atoms with Gasteiger partial charge in [-0.05, 0) is 55.9 Å². The number of nitrogens with one attached hydrogen (secondary N) is 1. The molecule has 0 radical (unpaired) electrons. The summed E-state index contributed by atoms with van der Waals surface area (Å²) in [6.07, 6.45) is 2.25. The number of carbonyl (C=O) groups is 1. The summed E-state index contributed by atoms with van der Waals surface area (Å²) in [7, 11) is 2.16. The second-order valence-corrected chi connectivity index (χ2v) is 6.46. The number of fused-ring (bicyclic) bond motifs is 2. The number of likely N-dealkylation sites (tertiary alicyclic amines) is 1. The van der Waals surface area contributed by atoms with E-state index in [2.05, 4.69) is 22.0 Å². The summed E-state index contributed by atoms with van der Waals surface area (Å²) in [5.41, 5.74) is 2.16. The number of hydrogen-bond acceptors (Lipinski definition) is 4. The molecule has 16 heavy (non-hydrogen) atoms. The molecule has 1 saturated heterocycles. The van der Waals surface area contributed by atoms with E-state index < -0.39 is 0 Å². The molecule has 5 heteroatoms. The van der Waals surface area contributed by atoms with Crippen LogP contribution in [0.15, 0.2) is 10.8 Å². The molecule has 3 nitrogen and oxygen atoms in total. The van der Waals surface area contributed by atoms with Gasteiger partial charge in [0.05, 0.1) is 10.3 Å². The number of thiophene rings is 1. The van der Waals surface area contributed by atoms with Crippen LogP contribution in [-0.2, 0) is 4.75 Å². The van der Waals surface area contributed by atoms with Crippen LogP contribution in [0.5, 0.6) is 0 Å². The zero-order valence-electron chi connectivity index (χ0n) is 9.16. The van der Waals surface area contributed by atoms with Crippen molar-refractivity contribution in [1.29, 1.82) is 0 Å². The maximum absolute atomic E-state index is 11.7. The van der Waals surface area contributed by atoms with E-state index in [1.54, 1.807) is 23.3 Å². The van der Waals surface area contributed by atoms with Crippen molar-refractivity contribution in [3.63, 3.8) is 0 Å². The Hall–Kier alpha value is -0.520. The Morgan fingerprint density at radius 2 is 2.12 bits per heavy atom. The molecule has 3 heterocycles. The number of nitrogens with zero attached hydrogens (tertiary/aromatic N) is 1. The molecular formula is C11H14N2OS2. The zero-order chi connectivity index (χ0) is 11.2. The topological polar surface area (TPSA) is 32.3 Å². The molecule has 0 unspecified atom stereocenters. The standard InChI is InChI=1S/C11H14N2OS2/c1-13-4-2-11(3-5-13)9-7-15-6-8(9)10(14)12-16-11/h6-7H,2-5H2,1H3,(H,12,14). The normalized spacial score (nSPS) is 24.2. The SMILES string of the molecule is CN1CCC2(CC1)SNC(=O)c1cscc12. The minimum Gasteiger partial charge on any atom is -0.306 e. The van der Waals surface area contributed by atoms with Gasteiger partial charge in [0.2, 0.25) is 0 Å². The van der Waals surface area contributed by atoms with Crippen LogP contribution in [0.4, 0.5) is 0 Å². The fourth-order valence-corrected chi connectivity index (χ4v) is 4.50. The van der Waals surface area contributed by atoms with Crippen molar-refractivity contribution in [3.8, 4) is 0 Å². The lowest BCUT2D eigenvalue weighted by atomic mass is 9.87. The second-order valence-electron chi connectivity index (χ2n) is 4.53. The maximum atomic E-state index is 11.7.